The molecule has 32 heavy (non-hydrogen) atoms. The molecule has 1 aromatic carbocycles. The second kappa shape index (κ2) is 13.3. The summed E-state index contributed by atoms with van der Waals surface area (Å²) in [5, 5.41) is 0. The molecule has 0 N–H and O–H groups in total. The maximum absolute atomic E-state index is 14.3. The van der Waals surface area contributed by atoms with Crippen LogP contribution in [0.25, 0.3) is 5.57 Å². The van der Waals surface area contributed by atoms with E-state index in [-0.39, 0.29) is 0 Å². The zero-order chi connectivity index (χ0) is 22.8. The summed E-state index contributed by atoms with van der Waals surface area (Å²) in [6, 6.07) is 3.45. The van der Waals surface area contributed by atoms with E-state index in [1.165, 1.54) is 77.0 Å². The average molecular weight is 443 g/mol. The highest BCUT2D eigenvalue weighted by molar-refractivity contribution is 5.67. The molecule has 0 saturated heterocycles. The van der Waals surface area contributed by atoms with Crippen LogP contribution in [0.3, 0.4) is 0 Å². The number of hydrogen-bond donors (Lipinski definition) is 0. The van der Waals surface area contributed by atoms with Crippen molar-refractivity contribution >= 4 is 5.57 Å². The Kier molecular flexibility index (Phi) is 10.5. The van der Waals surface area contributed by atoms with Gasteiger partial charge in [0.1, 0.15) is 0 Å². The molecule has 0 amide bonds. The third-order valence-electron chi connectivity index (χ3n) is 7.97. The van der Waals surface area contributed by atoms with Crippen molar-refractivity contribution in [2.24, 2.45) is 17.8 Å². The Morgan fingerprint density at radius 1 is 0.812 bits per heavy atom. The van der Waals surface area contributed by atoms with Crippen molar-refractivity contribution in [1.29, 1.82) is 0 Å². The van der Waals surface area contributed by atoms with Gasteiger partial charge in [0.15, 0.2) is 11.6 Å². The second-order valence-corrected chi connectivity index (χ2v) is 10.4. The molecule has 2 heteroatoms. The third-order valence-corrected chi connectivity index (χ3v) is 7.97. The van der Waals surface area contributed by atoms with Crippen LogP contribution < -0.4 is 0 Å². The number of rotatable bonds is 11. The van der Waals surface area contributed by atoms with Crippen LogP contribution in [-0.2, 0) is 0 Å². The molecule has 1 fully saturated rings. The number of aryl methyl sites for hydroxylation is 1. The minimum Gasteiger partial charge on any atom is -0.203 e. The lowest BCUT2D eigenvalue weighted by Crippen LogP contribution is -2.16. The molecular weight excluding hydrogens is 398 g/mol. The fourth-order valence-electron chi connectivity index (χ4n) is 5.65. The van der Waals surface area contributed by atoms with Gasteiger partial charge in [0, 0.05) is 5.56 Å². The average Bonchev–Trinajstić information content (AvgIpc) is 2.82. The molecule has 1 atom stereocenters. The molecule has 1 unspecified atom stereocenters. The number of allylic oxidation sites excluding steroid dienone is 4. The lowest BCUT2D eigenvalue weighted by Gasteiger charge is -2.30. The molecule has 0 bridgehead atoms. The van der Waals surface area contributed by atoms with Gasteiger partial charge in [-0.25, -0.2) is 8.78 Å². The van der Waals surface area contributed by atoms with Crippen molar-refractivity contribution in [2.75, 3.05) is 0 Å². The maximum atomic E-state index is 14.3. The van der Waals surface area contributed by atoms with Crippen LogP contribution in [-0.4, -0.2) is 0 Å². The van der Waals surface area contributed by atoms with Gasteiger partial charge < -0.3 is 0 Å². The Bertz CT molecular complexity index is 752. The Balaban J connectivity index is 1.32. The summed E-state index contributed by atoms with van der Waals surface area (Å²) in [6.07, 6.45) is 26.2. The number of unbranched alkanes of at least 4 members (excludes halogenated alkanes) is 3. The molecule has 2 aliphatic carbocycles. The Morgan fingerprint density at radius 2 is 1.50 bits per heavy atom. The fourth-order valence-corrected chi connectivity index (χ4v) is 5.65. The van der Waals surface area contributed by atoms with Gasteiger partial charge in [0.2, 0.25) is 0 Å². The zero-order valence-corrected chi connectivity index (χ0v) is 20.5. The Hall–Kier alpha value is -1.44. The summed E-state index contributed by atoms with van der Waals surface area (Å²) < 4.78 is 28.2. The SMILES string of the molecule is CCCCC/C=C/CCC1CCC(CCC2CC=C(c3ccc(C)c(F)c3F)CC2)CC1. The molecule has 0 radical (unpaired) electrons. The van der Waals surface area contributed by atoms with Crippen LogP contribution in [0.15, 0.2) is 30.4 Å². The van der Waals surface area contributed by atoms with Crippen molar-refractivity contribution < 1.29 is 8.78 Å². The van der Waals surface area contributed by atoms with Gasteiger partial charge in [-0.15, -0.1) is 0 Å². The van der Waals surface area contributed by atoms with Crippen LogP contribution in [0.1, 0.15) is 114 Å². The van der Waals surface area contributed by atoms with Crippen molar-refractivity contribution in [1.82, 2.24) is 0 Å². The fraction of sp³-hybridized carbons (Fsp3) is 0.667. The molecular formula is C30H44F2. The summed E-state index contributed by atoms with van der Waals surface area (Å²) >= 11 is 0. The first-order valence-corrected chi connectivity index (χ1v) is 13.4. The van der Waals surface area contributed by atoms with E-state index in [0.717, 1.165) is 36.7 Å². The summed E-state index contributed by atoms with van der Waals surface area (Å²) in [5.41, 5.74) is 1.85. The molecule has 0 heterocycles. The van der Waals surface area contributed by atoms with Gasteiger partial charge >= 0.3 is 0 Å². The smallest absolute Gasteiger partial charge is 0.166 e. The van der Waals surface area contributed by atoms with Crippen LogP contribution in [0.5, 0.6) is 0 Å². The highest BCUT2D eigenvalue weighted by Crippen LogP contribution is 2.38. The van der Waals surface area contributed by atoms with E-state index < -0.39 is 11.6 Å². The molecule has 1 aromatic rings. The predicted octanol–water partition coefficient (Wildman–Crippen LogP) is 9.96. The standard InChI is InChI=1S/C30H44F2/c1-3-4-5-6-7-8-9-10-24-12-14-25(15-13-24)16-17-26-18-20-27(21-19-26)28-22-11-23(2)29(31)30(28)32/h7-8,11,20,22,24-26H,3-6,9-10,12-19,21H2,1-2H3/b8-7+. The van der Waals surface area contributed by atoms with E-state index >= 15 is 0 Å². The van der Waals surface area contributed by atoms with Crippen molar-refractivity contribution in [3.05, 3.63) is 53.1 Å². The van der Waals surface area contributed by atoms with Gasteiger partial charge in [-0.1, -0.05) is 82.2 Å². The second-order valence-electron chi connectivity index (χ2n) is 10.4. The lowest BCUT2D eigenvalue weighted by atomic mass is 9.76. The topological polar surface area (TPSA) is 0 Å². The summed E-state index contributed by atoms with van der Waals surface area (Å²) in [7, 11) is 0. The van der Waals surface area contributed by atoms with E-state index in [1.54, 1.807) is 19.1 Å². The van der Waals surface area contributed by atoms with Crippen LogP contribution in [0.4, 0.5) is 8.78 Å². The minimum absolute atomic E-state index is 0.383. The quantitative estimate of drug-likeness (QED) is 0.236. The number of hydrogen-bond acceptors (Lipinski definition) is 0. The number of benzene rings is 1. The summed E-state index contributed by atoms with van der Waals surface area (Å²) in [5.74, 6) is 1.21. The van der Waals surface area contributed by atoms with Gasteiger partial charge in [-0.3, -0.25) is 0 Å². The molecule has 0 spiro atoms. The highest BCUT2D eigenvalue weighted by Gasteiger charge is 2.23. The lowest BCUT2D eigenvalue weighted by molar-refractivity contribution is 0.239. The first-order valence-electron chi connectivity index (χ1n) is 13.4. The summed E-state index contributed by atoms with van der Waals surface area (Å²) in [6.45, 7) is 3.88. The normalized spacial score (nSPS) is 24.1. The Labute approximate surface area is 195 Å². The van der Waals surface area contributed by atoms with Crippen LogP contribution in [0, 0.1) is 36.3 Å². The van der Waals surface area contributed by atoms with Gasteiger partial charge in [0.05, 0.1) is 0 Å². The maximum Gasteiger partial charge on any atom is 0.166 e. The van der Waals surface area contributed by atoms with E-state index in [9.17, 15) is 8.78 Å². The monoisotopic (exact) mass is 442 g/mol. The van der Waals surface area contributed by atoms with Crippen LogP contribution >= 0.6 is 0 Å². The van der Waals surface area contributed by atoms with Crippen molar-refractivity contribution in [2.45, 2.75) is 110 Å². The number of halogens is 2. The van der Waals surface area contributed by atoms with Crippen molar-refractivity contribution in [3.8, 4) is 0 Å². The van der Waals surface area contributed by atoms with Gasteiger partial charge in [-0.05, 0) is 87.2 Å². The molecule has 178 valence electrons. The van der Waals surface area contributed by atoms with Gasteiger partial charge in [-0.2, -0.15) is 0 Å². The first kappa shape index (κ1) is 25.2. The zero-order valence-electron chi connectivity index (χ0n) is 20.5. The summed E-state index contributed by atoms with van der Waals surface area (Å²) in [4.78, 5) is 0. The molecule has 2 aliphatic rings. The largest absolute Gasteiger partial charge is 0.203 e. The van der Waals surface area contributed by atoms with Crippen LogP contribution in [0.2, 0.25) is 0 Å². The van der Waals surface area contributed by atoms with Gasteiger partial charge in [0.25, 0.3) is 0 Å². The van der Waals surface area contributed by atoms with E-state index in [1.807, 2.05) is 0 Å². The molecule has 0 nitrogen and oxygen atoms in total. The van der Waals surface area contributed by atoms with E-state index in [4.69, 9.17) is 0 Å². The predicted molar refractivity (Wildman–Crippen MR) is 134 cm³/mol. The molecule has 1 saturated carbocycles. The van der Waals surface area contributed by atoms with E-state index in [2.05, 4.69) is 25.2 Å². The molecule has 0 aliphatic heterocycles. The first-order chi connectivity index (χ1) is 15.6. The molecule has 3 rings (SSSR count). The minimum atomic E-state index is -0.691. The van der Waals surface area contributed by atoms with Crippen molar-refractivity contribution in [3.63, 3.8) is 0 Å². The Morgan fingerprint density at radius 3 is 2.19 bits per heavy atom. The molecule has 0 aromatic heterocycles. The highest BCUT2D eigenvalue weighted by atomic mass is 19.2. The third kappa shape index (κ3) is 7.56. The van der Waals surface area contributed by atoms with E-state index in [0.29, 0.717) is 17.0 Å².